The molecule has 6 heteroatoms. The molecule has 2 aromatic rings. The van der Waals surface area contributed by atoms with E-state index < -0.39 is 10.0 Å². The molecule has 0 heterocycles. The normalized spacial score (nSPS) is 24.0. The number of carbonyl (C=O) groups is 1. The molecule has 2 bridgehead atoms. The fourth-order valence-corrected chi connectivity index (χ4v) is 6.63. The fourth-order valence-electron chi connectivity index (χ4n) is 5.33. The van der Waals surface area contributed by atoms with Crippen molar-refractivity contribution in [1.29, 1.82) is 0 Å². The number of rotatable bonds is 6. The highest BCUT2D eigenvalue weighted by Gasteiger charge is 2.42. The van der Waals surface area contributed by atoms with Crippen LogP contribution in [0.1, 0.15) is 54.1 Å². The van der Waals surface area contributed by atoms with E-state index >= 15 is 0 Å². The molecule has 0 unspecified atom stereocenters. The first-order valence-electron chi connectivity index (χ1n) is 10.7. The Hall–Kier alpha value is -2.18. The first-order valence-corrected chi connectivity index (χ1v) is 12.2. The first-order chi connectivity index (χ1) is 14.2. The van der Waals surface area contributed by atoms with Gasteiger partial charge in [0, 0.05) is 17.3 Å². The van der Waals surface area contributed by atoms with Crippen molar-refractivity contribution in [3.05, 3.63) is 59.2 Å². The van der Waals surface area contributed by atoms with Crippen LogP contribution >= 0.6 is 0 Å². The number of fused-ring (bicyclic) bond motifs is 2. The van der Waals surface area contributed by atoms with Gasteiger partial charge in [0.15, 0.2) is 0 Å². The molecule has 2 saturated carbocycles. The molecule has 0 aromatic heterocycles. The lowest BCUT2D eigenvalue weighted by Gasteiger charge is -2.28. The van der Waals surface area contributed by atoms with E-state index in [0.29, 0.717) is 23.1 Å². The lowest BCUT2D eigenvalue weighted by Crippen LogP contribution is -2.40. The standard InChI is InChI=1S/C24H30N2O3S/c1-15-10-16(2)12-20(11-15)24(27)25-21-6-8-22(9-7-21)30(28,29)26-17(3)23-14-18-4-5-19(23)13-18/h6-12,17-19,23,26H,4-5,13-14H2,1-3H3,(H,25,27)/t17-,18-,19-,23-/m1/s1. The van der Waals surface area contributed by atoms with E-state index in [1.807, 2.05) is 39.0 Å². The number of aryl methyl sites for hydroxylation is 2. The Morgan fingerprint density at radius 1 is 1.00 bits per heavy atom. The van der Waals surface area contributed by atoms with Crippen molar-refractivity contribution in [3.63, 3.8) is 0 Å². The number of benzene rings is 2. The van der Waals surface area contributed by atoms with Crippen LogP contribution in [0.2, 0.25) is 0 Å². The topological polar surface area (TPSA) is 75.3 Å². The van der Waals surface area contributed by atoms with Crippen molar-refractivity contribution in [1.82, 2.24) is 4.72 Å². The molecule has 30 heavy (non-hydrogen) atoms. The summed E-state index contributed by atoms with van der Waals surface area (Å²) in [6.07, 6.45) is 4.93. The van der Waals surface area contributed by atoms with Crippen LogP contribution in [0, 0.1) is 31.6 Å². The minimum Gasteiger partial charge on any atom is -0.322 e. The Morgan fingerprint density at radius 2 is 1.67 bits per heavy atom. The Morgan fingerprint density at radius 3 is 2.23 bits per heavy atom. The first kappa shape index (κ1) is 21.1. The third-order valence-corrected chi connectivity index (χ3v) is 8.26. The summed E-state index contributed by atoms with van der Waals surface area (Å²) in [5, 5.41) is 2.84. The summed E-state index contributed by atoms with van der Waals surface area (Å²) in [6.45, 7) is 5.89. The summed E-state index contributed by atoms with van der Waals surface area (Å²) in [7, 11) is -3.59. The third kappa shape index (κ3) is 4.44. The highest BCUT2D eigenvalue weighted by molar-refractivity contribution is 7.89. The Bertz CT molecular complexity index is 1030. The van der Waals surface area contributed by atoms with Crippen molar-refractivity contribution < 1.29 is 13.2 Å². The van der Waals surface area contributed by atoms with E-state index in [0.717, 1.165) is 23.5 Å². The molecule has 2 aliphatic rings. The second kappa shape index (κ2) is 8.16. The number of amides is 1. The molecule has 2 aromatic carbocycles. The second-order valence-electron chi connectivity index (χ2n) is 9.10. The Balaban J connectivity index is 1.41. The van der Waals surface area contributed by atoms with Gasteiger partial charge in [-0.25, -0.2) is 13.1 Å². The van der Waals surface area contributed by atoms with Crippen molar-refractivity contribution in [2.75, 3.05) is 5.32 Å². The predicted molar refractivity (Wildman–Crippen MR) is 119 cm³/mol. The van der Waals surface area contributed by atoms with E-state index in [-0.39, 0.29) is 16.8 Å². The summed E-state index contributed by atoms with van der Waals surface area (Å²) in [6, 6.07) is 12.0. The molecule has 2 aliphatic carbocycles. The predicted octanol–water partition coefficient (Wildman–Crippen LogP) is 4.66. The maximum atomic E-state index is 12.8. The SMILES string of the molecule is Cc1cc(C)cc(C(=O)Nc2ccc(S(=O)(=O)N[C@H](C)[C@H]3C[C@@H]4CC[C@@H]3C4)cc2)c1. The molecule has 4 rings (SSSR count). The molecule has 160 valence electrons. The highest BCUT2D eigenvalue weighted by Crippen LogP contribution is 2.49. The van der Waals surface area contributed by atoms with Crippen LogP contribution in [0.4, 0.5) is 5.69 Å². The van der Waals surface area contributed by atoms with E-state index in [2.05, 4.69) is 10.0 Å². The minimum absolute atomic E-state index is 0.0609. The fraction of sp³-hybridized carbons (Fsp3) is 0.458. The zero-order chi connectivity index (χ0) is 21.5. The molecule has 0 aliphatic heterocycles. The number of hydrogen-bond donors (Lipinski definition) is 2. The van der Waals surface area contributed by atoms with Gasteiger partial charge < -0.3 is 5.32 Å². The zero-order valence-electron chi connectivity index (χ0n) is 17.8. The van der Waals surface area contributed by atoms with Gasteiger partial charge in [0.2, 0.25) is 10.0 Å². The van der Waals surface area contributed by atoms with Crippen LogP contribution in [0.25, 0.3) is 0 Å². The molecule has 2 N–H and O–H groups in total. The third-order valence-electron chi connectivity index (χ3n) is 6.68. The van der Waals surface area contributed by atoms with Crippen molar-refractivity contribution in [2.24, 2.45) is 17.8 Å². The molecule has 1 amide bonds. The molecule has 0 radical (unpaired) electrons. The zero-order valence-corrected chi connectivity index (χ0v) is 18.6. The van der Waals surface area contributed by atoms with Crippen LogP contribution in [0.3, 0.4) is 0 Å². The average Bonchev–Trinajstić information content (AvgIpc) is 3.31. The quantitative estimate of drug-likeness (QED) is 0.705. The Labute approximate surface area is 179 Å². The Kier molecular flexibility index (Phi) is 5.73. The lowest BCUT2D eigenvalue weighted by molar-refractivity contribution is 0.102. The second-order valence-corrected chi connectivity index (χ2v) is 10.8. The number of anilines is 1. The molecule has 0 spiro atoms. The van der Waals surface area contributed by atoms with Gasteiger partial charge in [0.05, 0.1) is 4.90 Å². The smallest absolute Gasteiger partial charge is 0.255 e. The summed E-state index contributed by atoms with van der Waals surface area (Å²) in [5.74, 6) is 1.68. The molecular weight excluding hydrogens is 396 g/mol. The average molecular weight is 427 g/mol. The molecular formula is C24H30N2O3S. The van der Waals surface area contributed by atoms with Crippen LogP contribution in [0.15, 0.2) is 47.4 Å². The van der Waals surface area contributed by atoms with E-state index in [4.69, 9.17) is 0 Å². The lowest BCUT2D eigenvalue weighted by atomic mass is 9.84. The van der Waals surface area contributed by atoms with Gasteiger partial charge in [-0.15, -0.1) is 0 Å². The van der Waals surface area contributed by atoms with Crippen molar-refractivity contribution in [2.45, 2.75) is 57.4 Å². The maximum absolute atomic E-state index is 12.8. The van der Waals surface area contributed by atoms with Gasteiger partial charge in [-0.1, -0.05) is 23.6 Å². The molecule has 2 fully saturated rings. The van der Waals surface area contributed by atoms with E-state index in [1.54, 1.807) is 24.3 Å². The minimum atomic E-state index is -3.59. The highest BCUT2D eigenvalue weighted by atomic mass is 32.2. The van der Waals surface area contributed by atoms with Gasteiger partial charge >= 0.3 is 0 Å². The molecule has 4 atom stereocenters. The van der Waals surface area contributed by atoms with Gasteiger partial charge in [-0.2, -0.15) is 0 Å². The maximum Gasteiger partial charge on any atom is 0.255 e. The largest absolute Gasteiger partial charge is 0.322 e. The van der Waals surface area contributed by atoms with Gasteiger partial charge in [-0.05, 0) is 94.2 Å². The molecule has 5 nitrogen and oxygen atoms in total. The summed E-state index contributed by atoms with van der Waals surface area (Å²) in [4.78, 5) is 12.7. The van der Waals surface area contributed by atoms with Crippen LogP contribution < -0.4 is 10.0 Å². The number of hydrogen-bond acceptors (Lipinski definition) is 3. The van der Waals surface area contributed by atoms with Crippen molar-refractivity contribution >= 4 is 21.6 Å². The van der Waals surface area contributed by atoms with Crippen LogP contribution in [-0.2, 0) is 10.0 Å². The number of nitrogens with one attached hydrogen (secondary N) is 2. The summed E-state index contributed by atoms with van der Waals surface area (Å²) >= 11 is 0. The van der Waals surface area contributed by atoms with Gasteiger partial charge in [-0.3, -0.25) is 4.79 Å². The van der Waals surface area contributed by atoms with Gasteiger partial charge in [0.25, 0.3) is 5.91 Å². The van der Waals surface area contributed by atoms with Crippen molar-refractivity contribution in [3.8, 4) is 0 Å². The number of carbonyl (C=O) groups excluding carboxylic acids is 1. The number of sulfonamides is 1. The van der Waals surface area contributed by atoms with Gasteiger partial charge in [0.1, 0.15) is 0 Å². The summed E-state index contributed by atoms with van der Waals surface area (Å²) in [5.41, 5.74) is 3.21. The summed E-state index contributed by atoms with van der Waals surface area (Å²) < 4.78 is 28.6. The molecule has 0 saturated heterocycles. The van der Waals surface area contributed by atoms with E-state index in [9.17, 15) is 13.2 Å². The van der Waals surface area contributed by atoms with Crippen LogP contribution in [-0.4, -0.2) is 20.4 Å². The van der Waals surface area contributed by atoms with E-state index in [1.165, 1.54) is 19.3 Å². The van der Waals surface area contributed by atoms with Crippen LogP contribution in [0.5, 0.6) is 0 Å². The monoisotopic (exact) mass is 426 g/mol.